The van der Waals surface area contributed by atoms with Gasteiger partial charge in [0.25, 0.3) is 11.5 Å². The summed E-state index contributed by atoms with van der Waals surface area (Å²) in [5.74, 6) is -0.343. The maximum atomic E-state index is 12.5. The van der Waals surface area contributed by atoms with Gasteiger partial charge in [-0.1, -0.05) is 23.7 Å². The molecule has 1 fully saturated rings. The first kappa shape index (κ1) is 18.2. The fourth-order valence-corrected chi connectivity index (χ4v) is 4.13. The average molecular weight is 403 g/mol. The molecule has 3 heterocycles. The molecule has 0 aliphatic carbocycles. The van der Waals surface area contributed by atoms with Crippen LogP contribution >= 0.6 is 22.9 Å². The summed E-state index contributed by atoms with van der Waals surface area (Å²) in [5, 5.41) is 5.51. The lowest BCUT2D eigenvalue weighted by Crippen LogP contribution is -2.45. The van der Waals surface area contributed by atoms with Crippen LogP contribution in [0.25, 0.3) is 4.96 Å². The van der Waals surface area contributed by atoms with Gasteiger partial charge in [0, 0.05) is 48.5 Å². The lowest BCUT2D eigenvalue weighted by atomic mass is 10.0. The molecule has 1 saturated heterocycles. The van der Waals surface area contributed by atoms with Crippen molar-refractivity contribution in [1.29, 1.82) is 0 Å². The second kappa shape index (κ2) is 7.80. The summed E-state index contributed by atoms with van der Waals surface area (Å²) in [6.07, 6.45) is 4.73. The predicted octanol–water partition coefficient (Wildman–Crippen LogP) is 2.80. The van der Waals surface area contributed by atoms with E-state index in [1.165, 1.54) is 27.5 Å². The molecule has 8 heteroatoms. The molecule has 1 N–H and O–H groups in total. The number of amides is 1. The standard InChI is InChI=1S/C19H19ClN4O2S/c20-14-3-1-13(2-4-14)12-23-7-5-15(6-8-23)22-17(25)16-11-21-19-24(18(16)26)9-10-27-19/h1-4,9-11,15H,5-8,12H2,(H,22,25). The van der Waals surface area contributed by atoms with E-state index < -0.39 is 0 Å². The molecular formula is C19H19ClN4O2S. The van der Waals surface area contributed by atoms with Gasteiger partial charge in [0.05, 0.1) is 0 Å². The number of benzene rings is 1. The molecule has 1 amide bonds. The van der Waals surface area contributed by atoms with E-state index in [4.69, 9.17) is 11.6 Å². The summed E-state index contributed by atoms with van der Waals surface area (Å²) in [6, 6.07) is 7.96. The summed E-state index contributed by atoms with van der Waals surface area (Å²) in [4.78, 5) is 32.1. The number of piperidine rings is 1. The lowest BCUT2D eigenvalue weighted by Gasteiger charge is -2.32. The zero-order valence-electron chi connectivity index (χ0n) is 14.6. The number of thiazole rings is 1. The van der Waals surface area contributed by atoms with Crippen LogP contribution in [0.1, 0.15) is 28.8 Å². The van der Waals surface area contributed by atoms with E-state index in [1.807, 2.05) is 24.3 Å². The number of nitrogens with one attached hydrogen (secondary N) is 1. The van der Waals surface area contributed by atoms with E-state index in [9.17, 15) is 9.59 Å². The van der Waals surface area contributed by atoms with Crippen LogP contribution < -0.4 is 10.9 Å². The van der Waals surface area contributed by atoms with E-state index in [2.05, 4.69) is 15.2 Å². The van der Waals surface area contributed by atoms with Gasteiger partial charge in [-0.2, -0.15) is 0 Å². The minimum Gasteiger partial charge on any atom is -0.349 e. The molecule has 4 rings (SSSR count). The Morgan fingerprint density at radius 1 is 1.26 bits per heavy atom. The van der Waals surface area contributed by atoms with Crippen LogP contribution in [0.5, 0.6) is 0 Å². The van der Waals surface area contributed by atoms with Gasteiger partial charge < -0.3 is 5.32 Å². The molecule has 0 saturated carbocycles. The highest BCUT2D eigenvalue weighted by Gasteiger charge is 2.23. The second-order valence-electron chi connectivity index (χ2n) is 6.68. The third kappa shape index (κ3) is 4.05. The summed E-state index contributed by atoms with van der Waals surface area (Å²) >= 11 is 7.29. The van der Waals surface area contributed by atoms with Crippen molar-refractivity contribution in [1.82, 2.24) is 19.6 Å². The second-order valence-corrected chi connectivity index (χ2v) is 7.99. The number of fused-ring (bicyclic) bond motifs is 1. The molecule has 6 nitrogen and oxygen atoms in total. The van der Waals surface area contributed by atoms with Crippen molar-refractivity contribution in [3.63, 3.8) is 0 Å². The van der Waals surface area contributed by atoms with Crippen molar-refractivity contribution in [2.75, 3.05) is 13.1 Å². The number of hydrogen-bond acceptors (Lipinski definition) is 5. The molecule has 0 unspecified atom stereocenters. The third-order valence-electron chi connectivity index (χ3n) is 4.83. The molecule has 0 bridgehead atoms. The van der Waals surface area contributed by atoms with Gasteiger partial charge in [0.1, 0.15) is 5.56 Å². The number of halogens is 1. The third-order valence-corrected chi connectivity index (χ3v) is 5.85. The summed E-state index contributed by atoms with van der Waals surface area (Å²) in [7, 11) is 0. The predicted molar refractivity (Wildman–Crippen MR) is 107 cm³/mol. The first-order valence-electron chi connectivity index (χ1n) is 8.83. The van der Waals surface area contributed by atoms with Crippen molar-refractivity contribution in [3.05, 3.63) is 68.5 Å². The minimum absolute atomic E-state index is 0.0709. The van der Waals surface area contributed by atoms with Crippen LogP contribution in [0.4, 0.5) is 0 Å². The molecule has 0 radical (unpaired) electrons. The van der Waals surface area contributed by atoms with Crippen LogP contribution in [0.3, 0.4) is 0 Å². The van der Waals surface area contributed by atoms with Crippen LogP contribution in [0, 0.1) is 0 Å². The van der Waals surface area contributed by atoms with Crippen molar-refractivity contribution in [2.45, 2.75) is 25.4 Å². The molecule has 3 aromatic rings. The summed E-state index contributed by atoms with van der Waals surface area (Å²) in [6.45, 7) is 2.67. The maximum Gasteiger partial charge on any atom is 0.271 e. The van der Waals surface area contributed by atoms with E-state index in [1.54, 1.807) is 11.6 Å². The smallest absolute Gasteiger partial charge is 0.271 e. The van der Waals surface area contributed by atoms with Gasteiger partial charge in [0.15, 0.2) is 4.96 Å². The normalized spacial score (nSPS) is 15.9. The lowest BCUT2D eigenvalue weighted by molar-refractivity contribution is 0.0907. The van der Waals surface area contributed by atoms with Crippen LogP contribution in [0.15, 0.2) is 46.8 Å². The monoisotopic (exact) mass is 402 g/mol. The highest BCUT2D eigenvalue weighted by molar-refractivity contribution is 7.15. The Labute approximate surface area is 165 Å². The number of carbonyl (C=O) groups excluding carboxylic acids is 1. The van der Waals surface area contributed by atoms with Crippen LogP contribution in [-0.2, 0) is 6.54 Å². The molecule has 0 spiro atoms. The molecular weight excluding hydrogens is 384 g/mol. The van der Waals surface area contributed by atoms with Gasteiger partial charge in [0.2, 0.25) is 0 Å². The van der Waals surface area contributed by atoms with Crippen molar-refractivity contribution in [2.24, 2.45) is 0 Å². The highest BCUT2D eigenvalue weighted by Crippen LogP contribution is 2.16. The molecule has 1 aromatic carbocycles. The topological polar surface area (TPSA) is 66.7 Å². The fraction of sp³-hybridized carbons (Fsp3) is 0.316. The fourth-order valence-electron chi connectivity index (χ4n) is 3.33. The number of carbonyl (C=O) groups is 1. The number of aromatic nitrogens is 2. The number of hydrogen-bond donors (Lipinski definition) is 1. The Bertz CT molecular complexity index is 1010. The summed E-state index contributed by atoms with van der Waals surface area (Å²) < 4.78 is 1.41. The molecule has 1 aliphatic rings. The SMILES string of the molecule is O=C(NC1CCN(Cc2ccc(Cl)cc2)CC1)c1cnc2sccn2c1=O. The van der Waals surface area contributed by atoms with Gasteiger partial charge >= 0.3 is 0 Å². The Morgan fingerprint density at radius 2 is 2.00 bits per heavy atom. The van der Waals surface area contributed by atoms with Gasteiger partial charge in [-0.3, -0.25) is 18.9 Å². The Kier molecular flexibility index (Phi) is 5.24. The quantitative estimate of drug-likeness (QED) is 0.728. The summed E-state index contributed by atoms with van der Waals surface area (Å²) in [5.41, 5.74) is 0.999. The number of rotatable bonds is 4. The van der Waals surface area contributed by atoms with E-state index >= 15 is 0 Å². The van der Waals surface area contributed by atoms with Gasteiger partial charge in [-0.15, -0.1) is 11.3 Å². The molecule has 27 heavy (non-hydrogen) atoms. The molecule has 140 valence electrons. The number of nitrogens with zero attached hydrogens (tertiary/aromatic N) is 3. The van der Waals surface area contributed by atoms with E-state index in [-0.39, 0.29) is 23.1 Å². The first-order chi connectivity index (χ1) is 13.1. The van der Waals surface area contributed by atoms with Gasteiger partial charge in [-0.25, -0.2) is 4.98 Å². The van der Waals surface area contributed by atoms with Gasteiger partial charge in [-0.05, 0) is 30.5 Å². The van der Waals surface area contributed by atoms with Crippen LogP contribution in [-0.4, -0.2) is 39.3 Å². The average Bonchev–Trinajstić information content (AvgIpc) is 3.15. The Balaban J connectivity index is 1.34. The largest absolute Gasteiger partial charge is 0.349 e. The Hall–Kier alpha value is -2.22. The first-order valence-corrected chi connectivity index (χ1v) is 10.1. The molecule has 1 aliphatic heterocycles. The van der Waals surface area contributed by atoms with Crippen molar-refractivity contribution >= 4 is 33.8 Å². The van der Waals surface area contributed by atoms with Crippen LogP contribution in [0.2, 0.25) is 5.02 Å². The number of likely N-dealkylation sites (tertiary alicyclic amines) is 1. The molecule has 0 atom stereocenters. The zero-order valence-corrected chi connectivity index (χ0v) is 16.2. The molecule has 2 aromatic heterocycles. The highest BCUT2D eigenvalue weighted by atomic mass is 35.5. The Morgan fingerprint density at radius 3 is 2.74 bits per heavy atom. The van der Waals surface area contributed by atoms with Crippen molar-refractivity contribution < 1.29 is 4.79 Å². The zero-order chi connectivity index (χ0) is 18.8. The maximum absolute atomic E-state index is 12.5. The minimum atomic E-state index is -0.343. The van der Waals surface area contributed by atoms with Crippen molar-refractivity contribution in [3.8, 4) is 0 Å². The van der Waals surface area contributed by atoms with E-state index in [0.717, 1.165) is 37.5 Å². The van der Waals surface area contributed by atoms with E-state index in [0.29, 0.717) is 4.96 Å².